The number of benzene rings is 3. The van der Waals surface area contributed by atoms with E-state index in [1.54, 1.807) is 0 Å². The van der Waals surface area contributed by atoms with Crippen LogP contribution in [-0.2, 0) is 34.1 Å². The van der Waals surface area contributed by atoms with Crippen LogP contribution in [0.3, 0.4) is 0 Å². The number of hydrogen-bond acceptors (Lipinski definition) is 3. The number of nitrogens with one attached hydrogen (secondary N) is 1. The number of carbonyl (C=O) groups is 1. The smallest absolute Gasteiger partial charge is 0.243 e. The van der Waals surface area contributed by atoms with Gasteiger partial charge in [0.2, 0.25) is 15.9 Å². The van der Waals surface area contributed by atoms with E-state index in [1.807, 2.05) is 62.4 Å². The normalized spacial score (nSPS) is 11.5. The molecule has 5 nitrogen and oxygen atoms in total. The molecule has 0 aliphatic heterocycles. The summed E-state index contributed by atoms with van der Waals surface area (Å²) in [5, 5.41) is 3.43. The second-order valence-corrected chi connectivity index (χ2v) is 10.1. The van der Waals surface area contributed by atoms with E-state index in [9.17, 15) is 13.2 Å². The van der Waals surface area contributed by atoms with Crippen molar-refractivity contribution in [2.45, 2.75) is 38.0 Å². The van der Waals surface area contributed by atoms with Crippen molar-refractivity contribution in [1.29, 1.82) is 0 Å². The van der Waals surface area contributed by atoms with E-state index in [4.69, 9.17) is 11.6 Å². The summed E-state index contributed by atoms with van der Waals surface area (Å²) in [5.41, 5.74) is 3.83. The molecule has 1 N–H and O–H groups in total. The molecule has 1 amide bonds. The monoisotopic (exact) mass is 484 g/mol. The van der Waals surface area contributed by atoms with E-state index >= 15 is 0 Å². The van der Waals surface area contributed by atoms with Gasteiger partial charge in [0.1, 0.15) is 0 Å². The molecule has 0 fully saturated rings. The van der Waals surface area contributed by atoms with Crippen LogP contribution in [0.5, 0.6) is 0 Å². The first-order chi connectivity index (χ1) is 15.8. The second kappa shape index (κ2) is 11.5. The Kier molecular flexibility index (Phi) is 8.67. The molecule has 0 unspecified atom stereocenters. The second-order valence-electron chi connectivity index (χ2n) is 7.73. The minimum Gasteiger partial charge on any atom is -0.324 e. The molecular formula is C26H29ClN2O3S. The van der Waals surface area contributed by atoms with Gasteiger partial charge in [0, 0.05) is 17.3 Å². The number of carbonyl (C=O) groups excluding carboxylic acids is 1. The van der Waals surface area contributed by atoms with Crippen LogP contribution in [0.25, 0.3) is 0 Å². The number of anilines is 1. The quantitative estimate of drug-likeness (QED) is 0.422. The van der Waals surface area contributed by atoms with Crippen molar-refractivity contribution in [3.63, 3.8) is 0 Å². The van der Waals surface area contributed by atoms with Crippen molar-refractivity contribution in [2.24, 2.45) is 0 Å². The lowest BCUT2D eigenvalue weighted by Gasteiger charge is -2.23. The molecule has 0 radical (unpaired) electrons. The van der Waals surface area contributed by atoms with Gasteiger partial charge in [0.25, 0.3) is 0 Å². The predicted octanol–water partition coefficient (Wildman–Crippen LogP) is 5.34. The Hall–Kier alpha value is -2.67. The maximum Gasteiger partial charge on any atom is 0.243 e. The Morgan fingerprint density at radius 3 is 2.06 bits per heavy atom. The Bertz CT molecular complexity index is 1160. The van der Waals surface area contributed by atoms with Crippen LogP contribution in [0.15, 0.2) is 77.7 Å². The third-order valence-corrected chi connectivity index (χ3v) is 7.64. The van der Waals surface area contributed by atoms with Gasteiger partial charge in [-0.1, -0.05) is 74.0 Å². The zero-order valence-corrected chi connectivity index (χ0v) is 20.5. The van der Waals surface area contributed by atoms with Gasteiger partial charge in [-0.15, -0.1) is 0 Å². The minimum atomic E-state index is -3.89. The summed E-state index contributed by atoms with van der Waals surface area (Å²) < 4.78 is 28.0. The third kappa shape index (κ3) is 6.44. The lowest BCUT2D eigenvalue weighted by molar-refractivity contribution is -0.116. The van der Waals surface area contributed by atoms with Crippen LogP contribution in [-0.4, -0.2) is 31.7 Å². The van der Waals surface area contributed by atoms with Gasteiger partial charge < -0.3 is 5.32 Å². The minimum absolute atomic E-state index is 0.107. The van der Waals surface area contributed by atoms with Gasteiger partial charge >= 0.3 is 0 Å². The SMILES string of the molecule is CCc1cccc(CC)c1NC(=O)CN(CCc1ccccc1)S(=O)(=O)c1ccc(Cl)cc1. The lowest BCUT2D eigenvalue weighted by Crippen LogP contribution is -2.39. The largest absolute Gasteiger partial charge is 0.324 e. The average Bonchev–Trinajstić information content (AvgIpc) is 2.82. The maximum atomic E-state index is 13.4. The van der Waals surface area contributed by atoms with E-state index in [0.29, 0.717) is 11.4 Å². The van der Waals surface area contributed by atoms with Gasteiger partial charge in [-0.3, -0.25) is 4.79 Å². The van der Waals surface area contributed by atoms with E-state index in [1.165, 1.54) is 28.6 Å². The number of rotatable bonds is 10. The van der Waals surface area contributed by atoms with Gasteiger partial charge in [0.05, 0.1) is 11.4 Å². The van der Waals surface area contributed by atoms with Gasteiger partial charge in [-0.25, -0.2) is 8.42 Å². The van der Waals surface area contributed by atoms with E-state index in [0.717, 1.165) is 35.2 Å². The highest BCUT2D eigenvalue weighted by atomic mass is 35.5. The van der Waals surface area contributed by atoms with Crippen molar-refractivity contribution in [2.75, 3.05) is 18.4 Å². The molecule has 3 aromatic rings. The molecule has 0 saturated heterocycles. The third-order valence-electron chi connectivity index (χ3n) is 5.53. The molecule has 0 spiro atoms. The lowest BCUT2D eigenvalue weighted by atomic mass is 10.0. The van der Waals surface area contributed by atoms with Crippen LogP contribution in [0.2, 0.25) is 5.02 Å². The fraction of sp³-hybridized carbons (Fsp3) is 0.269. The Labute approximate surface area is 201 Å². The van der Waals surface area contributed by atoms with Gasteiger partial charge in [-0.05, 0) is 60.2 Å². The molecule has 3 aromatic carbocycles. The van der Waals surface area contributed by atoms with E-state index in [2.05, 4.69) is 5.32 Å². The molecule has 0 atom stereocenters. The average molecular weight is 485 g/mol. The van der Waals surface area contributed by atoms with Crippen LogP contribution in [0, 0.1) is 0 Å². The molecule has 0 bridgehead atoms. The summed E-state index contributed by atoms with van der Waals surface area (Å²) in [7, 11) is -3.89. The van der Waals surface area contributed by atoms with Crippen molar-refractivity contribution < 1.29 is 13.2 Å². The Balaban J connectivity index is 1.86. The number of nitrogens with zero attached hydrogens (tertiary/aromatic N) is 1. The number of aryl methyl sites for hydroxylation is 2. The first kappa shape index (κ1) is 25.0. The zero-order valence-electron chi connectivity index (χ0n) is 18.9. The predicted molar refractivity (Wildman–Crippen MR) is 134 cm³/mol. The molecular weight excluding hydrogens is 456 g/mol. The number of hydrogen-bond donors (Lipinski definition) is 1. The summed E-state index contributed by atoms with van der Waals surface area (Å²) in [4.78, 5) is 13.2. The summed E-state index contributed by atoms with van der Waals surface area (Å²) >= 11 is 5.94. The first-order valence-electron chi connectivity index (χ1n) is 11.1. The zero-order chi connectivity index (χ0) is 23.8. The van der Waals surface area contributed by atoms with Crippen molar-refractivity contribution >= 4 is 33.2 Å². The molecule has 7 heteroatoms. The van der Waals surface area contributed by atoms with E-state index in [-0.39, 0.29) is 23.9 Å². The van der Waals surface area contributed by atoms with Crippen molar-refractivity contribution in [3.05, 3.63) is 94.5 Å². The highest BCUT2D eigenvalue weighted by Crippen LogP contribution is 2.23. The highest BCUT2D eigenvalue weighted by molar-refractivity contribution is 7.89. The fourth-order valence-corrected chi connectivity index (χ4v) is 5.20. The van der Waals surface area contributed by atoms with Gasteiger partial charge in [-0.2, -0.15) is 4.31 Å². The van der Waals surface area contributed by atoms with Crippen LogP contribution in [0.4, 0.5) is 5.69 Å². The molecule has 0 aromatic heterocycles. The Morgan fingerprint density at radius 1 is 0.879 bits per heavy atom. The van der Waals surface area contributed by atoms with Crippen molar-refractivity contribution in [3.8, 4) is 0 Å². The van der Waals surface area contributed by atoms with Crippen molar-refractivity contribution in [1.82, 2.24) is 4.31 Å². The molecule has 0 aliphatic carbocycles. The molecule has 0 heterocycles. The number of amides is 1. The summed E-state index contributed by atoms with van der Waals surface area (Å²) in [6, 6.07) is 21.6. The Morgan fingerprint density at radius 2 is 1.48 bits per heavy atom. The number of para-hydroxylation sites is 1. The van der Waals surface area contributed by atoms with E-state index < -0.39 is 10.0 Å². The first-order valence-corrected chi connectivity index (χ1v) is 12.9. The summed E-state index contributed by atoms with van der Waals surface area (Å²) in [6.07, 6.45) is 2.03. The van der Waals surface area contributed by atoms with Crippen LogP contribution in [0.1, 0.15) is 30.5 Å². The number of halogens is 1. The molecule has 0 aliphatic rings. The molecule has 3 rings (SSSR count). The molecule has 0 saturated carbocycles. The summed E-state index contributed by atoms with van der Waals surface area (Å²) in [6.45, 7) is 3.96. The standard InChI is InChI=1S/C26H29ClN2O3S/c1-3-21-11-8-12-22(4-2)26(21)28-25(30)19-29(18-17-20-9-6-5-7-10-20)33(31,32)24-15-13-23(27)14-16-24/h5-16H,3-4,17-19H2,1-2H3,(H,28,30). The topological polar surface area (TPSA) is 66.5 Å². The number of sulfonamides is 1. The van der Waals surface area contributed by atoms with Gasteiger partial charge in [0.15, 0.2) is 0 Å². The summed E-state index contributed by atoms with van der Waals surface area (Å²) in [5.74, 6) is -0.365. The van der Waals surface area contributed by atoms with Crippen LogP contribution >= 0.6 is 11.6 Å². The fourth-order valence-electron chi connectivity index (χ4n) is 3.68. The molecule has 33 heavy (non-hydrogen) atoms. The van der Waals surface area contributed by atoms with Crippen LogP contribution < -0.4 is 5.32 Å². The maximum absolute atomic E-state index is 13.4. The highest BCUT2D eigenvalue weighted by Gasteiger charge is 2.27. The molecule has 174 valence electrons.